The number of aromatic nitrogens is 2. The lowest BCUT2D eigenvalue weighted by molar-refractivity contribution is 0.0778. The van der Waals surface area contributed by atoms with Crippen LogP contribution in [0.3, 0.4) is 0 Å². The van der Waals surface area contributed by atoms with E-state index in [1.54, 1.807) is 26.2 Å². The first-order chi connectivity index (χ1) is 7.97. The quantitative estimate of drug-likeness (QED) is 0.783. The first-order valence-electron chi connectivity index (χ1n) is 6.00. The molecule has 0 bridgehead atoms. The molecule has 5 nitrogen and oxygen atoms in total. The van der Waals surface area contributed by atoms with Crippen molar-refractivity contribution in [2.45, 2.75) is 32.4 Å². The van der Waals surface area contributed by atoms with Crippen molar-refractivity contribution in [1.82, 2.24) is 15.3 Å². The molecule has 2 rings (SSSR count). The fourth-order valence-electron chi connectivity index (χ4n) is 1.91. The summed E-state index contributed by atoms with van der Waals surface area (Å²) in [7, 11) is 0. The Hall–Kier alpha value is -1.20. The predicted molar refractivity (Wildman–Crippen MR) is 67.0 cm³/mol. The van der Waals surface area contributed by atoms with Gasteiger partial charge in [-0.15, -0.1) is 0 Å². The zero-order valence-corrected chi connectivity index (χ0v) is 10.6. The van der Waals surface area contributed by atoms with Crippen molar-refractivity contribution in [2.24, 2.45) is 0 Å². The van der Waals surface area contributed by atoms with Gasteiger partial charge in [0.05, 0.1) is 5.60 Å². The van der Waals surface area contributed by atoms with Crippen LogP contribution in [0, 0.1) is 0 Å². The van der Waals surface area contributed by atoms with Crippen molar-refractivity contribution in [3.05, 3.63) is 18.0 Å². The molecule has 17 heavy (non-hydrogen) atoms. The van der Waals surface area contributed by atoms with E-state index in [2.05, 4.69) is 27.1 Å². The average Bonchev–Trinajstić information content (AvgIpc) is 2.28. The summed E-state index contributed by atoms with van der Waals surface area (Å²) in [5.41, 5.74) is -0.139. The largest absolute Gasteiger partial charge is 0.386 e. The molecule has 0 aromatic carbocycles. The van der Waals surface area contributed by atoms with Crippen molar-refractivity contribution in [2.75, 3.05) is 24.5 Å². The summed E-state index contributed by atoms with van der Waals surface area (Å²) in [6.45, 7) is 8.42. The Balaban J connectivity index is 2.12. The summed E-state index contributed by atoms with van der Waals surface area (Å²) in [5, 5.41) is 13.2. The zero-order valence-electron chi connectivity index (χ0n) is 10.6. The van der Waals surface area contributed by atoms with Crippen molar-refractivity contribution in [3.63, 3.8) is 0 Å². The number of hydrogen-bond acceptors (Lipinski definition) is 5. The minimum atomic E-state index is -0.880. The molecule has 1 fully saturated rings. The summed E-state index contributed by atoms with van der Waals surface area (Å²) in [6.07, 6.45) is 3.41. The van der Waals surface area contributed by atoms with E-state index in [0.717, 1.165) is 31.1 Å². The molecule has 1 aliphatic heterocycles. The molecule has 94 valence electrons. The maximum atomic E-state index is 9.83. The van der Waals surface area contributed by atoms with Gasteiger partial charge in [-0.25, -0.2) is 9.97 Å². The van der Waals surface area contributed by atoms with Crippen LogP contribution < -0.4 is 10.2 Å². The summed E-state index contributed by atoms with van der Waals surface area (Å²) >= 11 is 0. The third-order valence-corrected chi connectivity index (χ3v) is 3.00. The Morgan fingerprint density at radius 3 is 2.59 bits per heavy atom. The van der Waals surface area contributed by atoms with Crippen molar-refractivity contribution < 1.29 is 5.11 Å². The van der Waals surface area contributed by atoms with Crippen LogP contribution in [0.4, 0.5) is 5.95 Å². The van der Waals surface area contributed by atoms with E-state index < -0.39 is 5.60 Å². The Labute approximate surface area is 102 Å². The maximum Gasteiger partial charge on any atom is 0.225 e. The van der Waals surface area contributed by atoms with E-state index in [-0.39, 0.29) is 0 Å². The van der Waals surface area contributed by atoms with Crippen molar-refractivity contribution >= 4 is 5.95 Å². The van der Waals surface area contributed by atoms with Gasteiger partial charge in [-0.1, -0.05) is 0 Å². The van der Waals surface area contributed by atoms with E-state index >= 15 is 0 Å². The topological polar surface area (TPSA) is 61.3 Å². The summed E-state index contributed by atoms with van der Waals surface area (Å²) < 4.78 is 0. The number of rotatable bonds is 2. The van der Waals surface area contributed by atoms with Crippen LogP contribution in [0.1, 0.15) is 26.3 Å². The van der Waals surface area contributed by atoms with Crippen LogP contribution >= 0.6 is 0 Å². The summed E-state index contributed by atoms with van der Waals surface area (Å²) in [5.74, 6) is 0.742. The lowest BCUT2D eigenvalue weighted by Gasteiger charge is -2.32. The molecule has 5 heteroatoms. The zero-order chi connectivity index (χ0) is 12.5. The fourth-order valence-corrected chi connectivity index (χ4v) is 1.91. The lowest BCUT2D eigenvalue weighted by atomic mass is 10.0. The molecule has 1 aliphatic rings. The second-order valence-electron chi connectivity index (χ2n) is 5.13. The molecule has 1 aromatic heterocycles. The van der Waals surface area contributed by atoms with Crippen LogP contribution in [0.2, 0.25) is 0 Å². The number of anilines is 1. The van der Waals surface area contributed by atoms with Gasteiger partial charge in [0.25, 0.3) is 0 Å². The second kappa shape index (κ2) is 4.58. The van der Waals surface area contributed by atoms with Gasteiger partial charge in [-0.05, 0) is 20.8 Å². The van der Waals surface area contributed by atoms with E-state index in [0.29, 0.717) is 6.04 Å². The molecule has 0 amide bonds. The molecule has 0 aliphatic carbocycles. The number of hydrogen-bond donors (Lipinski definition) is 2. The van der Waals surface area contributed by atoms with Crippen LogP contribution in [0.5, 0.6) is 0 Å². The second-order valence-corrected chi connectivity index (χ2v) is 5.13. The van der Waals surface area contributed by atoms with Crippen LogP contribution in [0.15, 0.2) is 12.4 Å². The van der Waals surface area contributed by atoms with Crippen LogP contribution in [0.25, 0.3) is 0 Å². The maximum absolute atomic E-state index is 9.83. The highest BCUT2D eigenvalue weighted by Crippen LogP contribution is 2.19. The molecule has 1 aromatic rings. The third-order valence-electron chi connectivity index (χ3n) is 3.00. The SMILES string of the molecule is C[C@H]1CN(c2ncc(C(C)(C)O)cn2)CCN1. The lowest BCUT2D eigenvalue weighted by Crippen LogP contribution is -2.49. The van der Waals surface area contributed by atoms with Gasteiger partial charge < -0.3 is 15.3 Å². The normalized spacial score (nSPS) is 21.6. The highest BCUT2D eigenvalue weighted by Gasteiger charge is 2.20. The molecule has 0 radical (unpaired) electrons. The minimum absolute atomic E-state index is 0.460. The molecule has 1 saturated heterocycles. The standard InChI is InChI=1S/C12H20N4O/c1-9-8-16(5-4-13-9)11-14-6-10(7-15-11)12(2,3)17/h6-7,9,13,17H,4-5,8H2,1-3H3/t9-/m0/s1. The minimum Gasteiger partial charge on any atom is -0.386 e. The highest BCUT2D eigenvalue weighted by atomic mass is 16.3. The van der Waals surface area contributed by atoms with Gasteiger partial charge in [0, 0.05) is 43.6 Å². The molecular formula is C12H20N4O. The predicted octanol–water partition coefficient (Wildman–Crippen LogP) is 0.502. The monoisotopic (exact) mass is 236 g/mol. The van der Waals surface area contributed by atoms with Crippen molar-refractivity contribution in [3.8, 4) is 0 Å². The van der Waals surface area contributed by atoms with Crippen LogP contribution in [-0.2, 0) is 5.60 Å². The number of nitrogens with one attached hydrogen (secondary N) is 1. The Morgan fingerprint density at radius 1 is 1.41 bits per heavy atom. The van der Waals surface area contributed by atoms with E-state index in [9.17, 15) is 5.11 Å². The van der Waals surface area contributed by atoms with Gasteiger partial charge in [-0.3, -0.25) is 0 Å². The number of piperazine rings is 1. The fraction of sp³-hybridized carbons (Fsp3) is 0.667. The molecular weight excluding hydrogens is 216 g/mol. The summed E-state index contributed by atoms with van der Waals surface area (Å²) in [6, 6.07) is 0.460. The first-order valence-corrected chi connectivity index (χ1v) is 6.00. The van der Waals surface area contributed by atoms with E-state index in [1.807, 2.05) is 0 Å². The van der Waals surface area contributed by atoms with Crippen LogP contribution in [-0.4, -0.2) is 40.8 Å². The molecule has 2 N–H and O–H groups in total. The van der Waals surface area contributed by atoms with E-state index in [4.69, 9.17) is 0 Å². The number of aliphatic hydroxyl groups is 1. The van der Waals surface area contributed by atoms with E-state index in [1.165, 1.54) is 0 Å². The number of nitrogens with zero attached hydrogens (tertiary/aromatic N) is 3. The Kier molecular flexibility index (Phi) is 3.31. The molecule has 0 saturated carbocycles. The smallest absolute Gasteiger partial charge is 0.225 e. The molecule has 2 heterocycles. The molecule has 0 spiro atoms. The highest BCUT2D eigenvalue weighted by molar-refractivity contribution is 5.32. The van der Waals surface area contributed by atoms with Gasteiger partial charge in [0.1, 0.15) is 0 Å². The summed E-state index contributed by atoms with van der Waals surface area (Å²) in [4.78, 5) is 10.8. The van der Waals surface area contributed by atoms with Gasteiger partial charge in [0.2, 0.25) is 5.95 Å². The third kappa shape index (κ3) is 2.92. The van der Waals surface area contributed by atoms with Gasteiger partial charge in [-0.2, -0.15) is 0 Å². The van der Waals surface area contributed by atoms with Gasteiger partial charge >= 0.3 is 0 Å². The Morgan fingerprint density at radius 2 is 2.06 bits per heavy atom. The van der Waals surface area contributed by atoms with Crippen molar-refractivity contribution in [1.29, 1.82) is 0 Å². The Bertz CT molecular complexity index is 371. The molecule has 1 atom stereocenters. The average molecular weight is 236 g/mol. The van der Waals surface area contributed by atoms with Gasteiger partial charge in [0.15, 0.2) is 0 Å². The first kappa shape index (κ1) is 12.3. The molecule has 0 unspecified atom stereocenters.